The Labute approximate surface area is 208 Å². The molecular weight excluding hydrogens is 187 g/mol. The molecule has 8 valence electrons. The predicted molar refractivity (Wildman–Crippen MR) is 9.71 cm³/mol. The maximum absolute atomic E-state index is 5.56. The third kappa shape index (κ3) is 18.2. The van der Waals surface area contributed by atoms with Crippen LogP contribution >= 0.6 is 9.84 Å². The van der Waals surface area contributed by atoms with Gasteiger partial charge in [-0.15, -0.1) is 0 Å². The van der Waals surface area contributed by atoms with Crippen LogP contribution in [-0.4, -0.2) is 1.28 Å². The average Bonchev–Trinajstić information content (AvgIpc) is 1.00. The van der Waals surface area contributed by atoms with Gasteiger partial charge in [0.25, 0.3) is 0 Å². The zero-order valence-electron chi connectivity index (χ0n) is 5.50. The van der Waals surface area contributed by atoms with Crippen molar-refractivity contribution in [2.24, 2.45) is 0 Å². The van der Waals surface area contributed by atoms with Crippen molar-refractivity contribution in [2.75, 3.05) is 0 Å². The molecule has 0 aliphatic rings. The largest absolute Gasteiger partial charge is 1.00 e. The van der Waals surface area contributed by atoms with Gasteiger partial charge in [-0.25, -0.2) is 1.28 Å². The SMILES string of the molecule is [3H][PH-].[K+].[K+].[K+].[K+]. The summed E-state index contributed by atoms with van der Waals surface area (Å²) in [6, 6.07) is 0. The Morgan fingerprint density at radius 2 is 0.800 bits per heavy atom. The molecule has 0 aliphatic heterocycles. The van der Waals surface area contributed by atoms with Crippen LogP contribution in [0.3, 0.4) is 0 Å². The molecule has 0 spiro atoms. The summed E-state index contributed by atoms with van der Waals surface area (Å²) in [6.45, 7) is 0. The second-order valence-electron chi connectivity index (χ2n) is 0. The zero-order chi connectivity index (χ0) is 2.00. The molecule has 0 bridgehead atoms. The minimum atomic E-state index is 0. The molecule has 0 fully saturated rings. The Balaban J connectivity index is -0.000000000833. The van der Waals surface area contributed by atoms with Crippen molar-refractivity contribution in [3.8, 4) is 0 Å². The van der Waals surface area contributed by atoms with Crippen molar-refractivity contribution in [3.05, 3.63) is 0 Å². The third-order valence-corrected chi connectivity index (χ3v) is 0. The van der Waals surface area contributed by atoms with Gasteiger partial charge in [-0.3, -0.25) is 0 Å². The Kier molecular flexibility index (Phi) is 102. The molecule has 0 aromatic carbocycles. The van der Waals surface area contributed by atoms with Crippen LogP contribution in [0.25, 0.3) is 0 Å². The molecule has 5 heteroatoms. The summed E-state index contributed by atoms with van der Waals surface area (Å²) in [4.78, 5) is 0. The van der Waals surface area contributed by atoms with Gasteiger partial charge in [0.1, 0.15) is 0 Å². The molecule has 0 amide bonds. The van der Waals surface area contributed by atoms with E-state index in [1.54, 1.807) is 0 Å². The van der Waals surface area contributed by atoms with Gasteiger partial charge in [0.15, 0.2) is 0 Å². The molecule has 0 nitrogen and oxygen atoms in total. The van der Waals surface area contributed by atoms with Crippen molar-refractivity contribution >= 4 is 9.84 Å². The van der Waals surface area contributed by atoms with E-state index in [4.69, 9.17) is 1.28 Å². The molecule has 0 atom stereocenters. The average molecular weight is 191 g/mol. The first-order valence-electron chi connectivity index (χ1n) is 0.500. The van der Waals surface area contributed by atoms with Crippen LogP contribution in [0.1, 0.15) is 0 Å². The van der Waals surface area contributed by atoms with Gasteiger partial charge < -0.3 is 9.84 Å². The van der Waals surface area contributed by atoms with Crippen molar-refractivity contribution in [1.29, 1.82) is 1.28 Å². The van der Waals surface area contributed by atoms with E-state index in [9.17, 15) is 0 Å². The van der Waals surface area contributed by atoms with E-state index < -0.39 is 0 Å². The molecule has 5 heavy (non-hydrogen) atoms. The Morgan fingerprint density at radius 1 is 0.800 bits per heavy atom. The van der Waals surface area contributed by atoms with Crippen LogP contribution in [0.15, 0.2) is 0 Å². The minimum Gasteiger partial charge on any atom is -0.577 e. The maximum Gasteiger partial charge on any atom is 1.00 e. The molecule has 0 N–H and O–H groups in total. The molecule has 0 aromatic rings. The van der Waals surface area contributed by atoms with E-state index >= 15 is 0 Å². The monoisotopic (exact) mass is 191 g/mol. The topological polar surface area (TPSA) is 0 Å². The van der Waals surface area contributed by atoms with E-state index in [2.05, 4.69) is 9.84 Å². The first kappa shape index (κ1) is 22.7. The summed E-state index contributed by atoms with van der Waals surface area (Å²) < 4.78 is 5.56. The fraction of sp³-hybridized carbons (Fsp3) is 0. The van der Waals surface area contributed by atoms with Crippen molar-refractivity contribution in [2.45, 2.75) is 0 Å². The molecule has 0 unspecified atom stereocenters. The fourth-order valence-electron chi connectivity index (χ4n) is 0. The van der Waals surface area contributed by atoms with Gasteiger partial charge in [0.05, 0.1) is 0 Å². The summed E-state index contributed by atoms with van der Waals surface area (Å²) in [5.41, 5.74) is 0. The van der Waals surface area contributed by atoms with Gasteiger partial charge in [0.2, 0.25) is 0 Å². The van der Waals surface area contributed by atoms with Gasteiger partial charge in [-0.05, 0) is 0 Å². The summed E-state index contributed by atoms with van der Waals surface area (Å²) in [5, 5.41) is 0. The van der Waals surface area contributed by atoms with E-state index in [0.717, 1.165) is 0 Å². The second kappa shape index (κ2) is 22.4. The van der Waals surface area contributed by atoms with E-state index in [-0.39, 0.29) is 206 Å². The second-order valence-corrected chi connectivity index (χ2v) is 0. The molecule has 0 radical (unpaired) electrons. The van der Waals surface area contributed by atoms with Crippen LogP contribution in [-0.2, 0) is 0 Å². The van der Waals surface area contributed by atoms with Gasteiger partial charge in [0, 0.05) is 0 Å². The predicted octanol–water partition coefficient (Wildman–Crippen LogP) is -11.7. The Morgan fingerprint density at radius 3 is 0.800 bits per heavy atom. The summed E-state index contributed by atoms with van der Waals surface area (Å²) >= 11 is 0. The van der Waals surface area contributed by atoms with Gasteiger partial charge >= 0.3 is 206 Å². The van der Waals surface area contributed by atoms with Crippen molar-refractivity contribution < 1.29 is 206 Å². The Bertz CT molecular complexity index is 7.51. The number of rotatable bonds is 0. The summed E-state index contributed by atoms with van der Waals surface area (Å²) in [6.07, 6.45) is 0. The summed E-state index contributed by atoms with van der Waals surface area (Å²) in [5.74, 6) is 0. The molecule has 0 aromatic heterocycles. The normalized spacial score (nSPS) is 1.40. The molecule has 0 rings (SSSR count). The molecular formula is H2K4P+3. The van der Waals surface area contributed by atoms with E-state index in [1.165, 1.54) is 0 Å². The molecule has 0 aliphatic carbocycles. The first-order valence-corrected chi connectivity index (χ1v) is 0. The fourth-order valence-corrected chi connectivity index (χ4v) is 0. The summed E-state index contributed by atoms with van der Waals surface area (Å²) in [7, 11) is 2.22. The smallest absolute Gasteiger partial charge is 0.577 e. The van der Waals surface area contributed by atoms with Crippen LogP contribution in [0.4, 0.5) is 0 Å². The van der Waals surface area contributed by atoms with E-state index in [1.807, 2.05) is 0 Å². The van der Waals surface area contributed by atoms with Gasteiger partial charge in [-0.1, -0.05) is 0 Å². The van der Waals surface area contributed by atoms with Crippen molar-refractivity contribution in [3.63, 3.8) is 0 Å². The van der Waals surface area contributed by atoms with Crippen LogP contribution in [0, 0.1) is 0 Å². The van der Waals surface area contributed by atoms with Gasteiger partial charge in [-0.2, -0.15) is 0 Å². The van der Waals surface area contributed by atoms with Crippen LogP contribution in [0.2, 0.25) is 0 Å². The van der Waals surface area contributed by atoms with Crippen LogP contribution < -0.4 is 206 Å². The Hall–Kier alpha value is 6.98. The number of hydrogen-bond donors (Lipinski definition) is 0. The standard InChI is InChI=1S/4K.H2P/h;;;;1H2/q4*+1;-1/i;;;;1T. The quantitative estimate of drug-likeness (QED) is 0.264. The molecule has 0 saturated carbocycles. The van der Waals surface area contributed by atoms with Crippen LogP contribution in [0.5, 0.6) is 0 Å². The first-order chi connectivity index (χ1) is 1.00. The van der Waals surface area contributed by atoms with E-state index in [0.29, 0.717) is 0 Å². The number of hydrogen-bond acceptors (Lipinski definition) is 0. The third-order valence-electron chi connectivity index (χ3n) is 0. The minimum absolute atomic E-state index is 0. The molecule has 0 saturated heterocycles. The molecule has 0 heterocycles. The zero-order valence-corrected chi connectivity index (χ0v) is 18.0. The maximum atomic E-state index is 5.56. The van der Waals surface area contributed by atoms with Crippen molar-refractivity contribution in [1.82, 2.24) is 0 Å².